The van der Waals surface area contributed by atoms with Crippen LogP contribution in [0.5, 0.6) is 0 Å². The molecule has 0 saturated carbocycles. The van der Waals surface area contributed by atoms with Gasteiger partial charge in [0.2, 0.25) is 0 Å². The molecule has 0 radical (unpaired) electrons. The number of hydrogen-bond acceptors (Lipinski definition) is 3. The molecule has 0 unspecified atom stereocenters. The lowest BCUT2D eigenvalue weighted by molar-refractivity contribution is -0.141. The van der Waals surface area contributed by atoms with Crippen LogP contribution >= 0.6 is 0 Å². The molecule has 0 N–H and O–H groups in total. The van der Waals surface area contributed by atoms with Gasteiger partial charge in [0.15, 0.2) is 8.32 Å². The third kappa shape index (κ3) is 10.3. The first kappa shape index (κ1) is 26.7. The maximum Gasteiger partial charge on any atom is 0.317 e. The molecule has 0 rings (SSSR count). The number of rotatable bonds is 9. The summed E-state index contributed by atoms with van der Waals surface area (Å²) in [6, 6.07) is 0. The van der Waals surface area contributed by atoms with E-state index in [0.717, 1.165) is 6.42 Å². The number of esters is 1. The molecule has 0 aliphatic heterocycles. The topological polar surface area (TPSA) is 35.5 Å². The van der Waals surface area contributed by atoms with Gasteiger partial charge in [0.05, 0.1) is 18.6 Å². The Morgan fingerprint density at radius 3 is 2.18 bits per heavy atom. The Morgan fingerprint density at radius 1 is 1.07 bits per heavy atom. The van der Waals surface area contributed by atoms with E-state index < -0.39 is 8.32 Å². The molecule has 0 aliphatic rings. The fourth-order valence-corrected chi connectivity index (χ4v) is 3.83. The highest BCUT2D eigenvalue weighted by Crippen LogP contribution is 2.40. The van der Waals surface area contributed by atoms with E-state index in [4.69, 9.17) is 9.16 Å². The summed E-state index contributed by atoms with van der Waals surface area (Å²) in [4.78, 5) is 11.7. The van der Waals surface area contributed by atoms with E-state index in [-0.39, 0.29) is 28.3 Å². The van der Waals surface area contributed by atoms with Crippen molar-refractivity contribution in [3.63, 3.8) is 0 Å². The Morgan fingerprint density at radius 2 is 1.68 bits per heavy atom. The van der Waals surface area contributed by atoms with Crippen molar-refractivity contribution in [3.05, 3.63) is 24.3 Å². The molecule has 0 aromatic carbocycles. The molecule has 1 atom stereocenters. The Hall–Kier alpha value is -1.31. The van der Waals surface area contributed by atoms with Gasteiger partial charge in [-0.2, -0.15) is 0 Å². The highest BCUT2D eigenvalue weighted by Gasteiger charge is 2.40. The van der Waals surface area contributed by atoms with Crippen LogP contribution in [0.2, 0.25) is 18.1 Å². The van der Waals surface area contributed by atoms with Crippen LogP contribution < -0.4 is 0 Å². The number of ether oxygens (including phenoxy) is 1. The van der Waals surface area contributed by atoms with Gasteiger partial charge in [-0.15, -0.1) is 0 Å². The van der Waals surface area contributed by atoms with Gasteiger partial charge >= 0.3 is 5.97 Å². The van der Waals surface area contributed by atoms with E-state index in [2.05, 4.69) is 78.6 Å². The Labute approximate surface area is 175 Å². The summed E-state index contributed by atoms with van der Waals surface area (Å²) < 4.78 is 11.5. The van der Waals surface area contributed by atoms with Crippen LogP contribution in [0.1, 0.15) is 68.2 Å². The van der Waals surface area contributed by atoms with Gasteiger partial charge in [-0.25, -0.2) is 0 Å². The van der Waals surface area contributed by atoms with Crippen molar-refractivity contribution in [1.29, 1.82) is 0 Å². The number of carbonyl (C=O) groups excluding carboxylic acids is 1. The first-order valence-electron chi connectivity index (χ1n) is 10.3. The standard InChI is InChI=1S/C24H42O3Si/c1-11-13-14-17-23(6,7)19-24(8,18-15-16-21(25)26-12-2)20-27-28(9,10)22(3,4)5/h11,13-14,17H,12,16,19-20H2,1-10H3/b13-11-,17-14+/t24-/m1/s1. The minimum absolute atomic E-state index is 0.0380. The molecule has 160 valence electrons. The van der Waals surface area contributed by atoms with E-state index in [9.17, 15) is 4.79 Å². The predicted molar refractivity (Wildman–Crippen MR) is 123 cm³/mol. The maximum absolute atomic E-state index is 11.7. The van der Waals surface area contributed by atoms with Crippen molar-refractivity contribution in [2.75, 3.05) is 13.2 Å². The second-order valence-electron chi connectivity index (χ2n) is 9.94. The number of hydrogen-bond donors (Lipinski definition) is 0. The Balaban J connectivity index is 5.52. The van der Waals surface area contributed by atoms with E-state index in [1.807, 2.05) is 26.0 Å². The molecule has 3 nitrogen and oxygen atoms in total. The van der Waals surface area contributed by atoms with Crippen LogP contribution in [0.4, 0.5) is 0 Å². The second-order valence-corrected chi connectivity index (χ2v) is 14.8. The lowest BCUT2D eigenvalue weighted by Gasteiger charge is -2.40. The van der Waals surface area contributed by atoms with Crippen molar-refractivity contribution in [2.24, 2.45) is 10.8 Å². The maximum atomic E-state index is 11.7. The zero-order valence-electron chi connectivity index (χ0n) is 19.9. The summed E-state index contributed by atoms with van der Waals surface area (Å²) in [6.45, 7) is 22.6. The molecular weight excluding hydrogens is 364 g/mol. The van der Waals surface area contributed by atoms with Gasteiger partial charge < -0.3 is 9.16 Å². The third-order valence-electron chi connectivity index (χ3n) is 5.18. The highest BCUT2D eigenvalue weighted by molar-refractivity contribution is 6.74. The van der Waals surface area contributed by atoms with Crippen LogP contribution in [-0.2, 0) is 14.0 Å². The molecule has 0 aliphatic carbocycles. The number of allylic oxidation sites excluding steroid dienone is 4. The molecule has 28 heavy (non-hydrogen) atoms. The van der Waals surface area contributed by atoms with Crippen molar-refractivity contribution in [2.45, 2.75) is 86.4 Å². The van der Waals surface area contributed by atoms with Crippen molar-refractivity contribution in [3.8, 4) is 11.8 Å². The van der Waals surface area contributed by atoms with Crippen LogP contribution in [0.3, 0.4) is 0 Å². The van der Waals surface area contributed by atoms with Gasteiger partial charge in [-0.1, -0.05) is 70.8 Å². The fraction of sp³-hybridized carbons (Fsp3) is 0.708. The fourth-order valence-electron chi connectivity index (χ4n) is 2.72. The van der Waals surface area contributed by atoms with E-state index in [1.54, 1.807) is 0 Å². The first-order valence-corrected chi connectivity index (χ1v) is 13.2. The lowest BCUT2D eigenvalue weighted by Crippen LogP contribution is -2.44. The van der Waals surface area contributed by atoms with Crippen LogP contribution in [0, 0.1) is 22.7 Å². The minimum Gasteiger partial charge on any atom is -0.465 e. The highest BCUT2D eigenvalue weighted by atomic mass is 28.4. The summed E-state index contributed by atoms with van der Waals surface area (Å²) in [6.07, 6.45) is 9.33. The smallest absolute Gasteiger partial charge is 0.317 e. The molecule has 0 amide bonds. The summed E-state index contributed by atoms with van der Waals surface area (Å²) in [5.74, 6) is 6.13. The second kappa shape index (κ2) is 11.0. The van der Waals surface area contributed by atoms with Crippen molar-refractivity contribution < 1.29 is 14.0 Å². The SMILES string of the molecule is C/C=C\C=C\C(C)(C)C[C@@](C)(C#CCC(=O)OCC)CO[Si](C)(C)C(C)(C)C. The summed E-state index contributed by atoms with van der Waals surface area (Å²) in [7, 11) is -1.88. The molecule has 0 saturated heterocycles. The summed E-state index contributed by atoms with van der Waals surface area (Å²) in [5, 5.41) is 0.146. The normalized spacial score (nSPS) is 15.4. The number of carbonyl (C=O) groups is 1. The molecule has 0 aromatic rings. The predicted octanol–water partition coefficient (Wildman–Crippen LogP) is 6.52. The van der Waals surface area contributed by atoms with Crippen LogP contribution in [0.25, 0.3) is 0 Å². The average molecular weight is 407 g/mol. The molecule has 0 bridgehead atoms. The van der Waals surface area contributed by atoms with Gasteiger partial charge in [0.1, 0.15) is 6.42 Å². The monoisotopic (exact) mass is 406 g/mol. The Kier molecular flexibility index (Phi) is 10.5. The van der Waals surface area contributed by atoms with E-state index >= 15 is 0 Å². The zero-order chi connectivity index (χ0) is 22.1. The summed E-state index contributed by atoms with van der Waals surface area (Å²) >= 11 is 0. The van der Waals surface area contributed by atoms with Crippen LogP contribution in [-0.4, -0.2) is 27.5 Å². The first-order chi connectivity index (χ1) is 12.7. The minimum atomic E-state index is -1.88. The van der Waals surface area contributed by atoms with E-state index in [1.165, 1.54) is 0 Å². The molecule has 0 aromatic heterocycles. The zero-order valence-corrected chi connectivity index (χ0v) is 20.9. The lowest BCUT2D eigenvalue weighted by atomic mass is 9.74. The molecule has 4 heteroatoms. The van der Waals surface area contributed by atoms with Gasteiger partial charge in [-0.05, 0) is 50.7 Å². The largest absolute Gasteiger partial charge is 0.465 e. The third-order valence-corrected chi connectivity index (χ3v) is 9.66. The molecule has 0 fully saturated rings. The molecular formula is C24H42O3Si. The van der Waals surface area contributed by atoms with Crippen LogP contribution in [0.15, 0.2) is 24.3 Å². The summed E-state index contributed by atoms with van der Waals surface area (Å²) in [5.41, 5.74) is -0.380. The quantitative estimate of drug-likeness (QED) is 0.189. The average Bonchev–Trinajstić information content (AvgIpc) is 2.52. The van der Waals surface area contributed by atoms with E-state index in [0.29, 0.717) is 13.2 Å². The molecule has 0 heterocycles. The van der Waals surface area contributed by atoms with Gasteiger partial charge in [-0.3, -0.25) is 4.79 Å². The Bertz CT molecular complexity index is 612. The van der Waals surface area contributed by atoms with Crippen molar-refractivity contribution in [1.82, 2.24) is 0 Å². The molecule has 0 spiro atoms. The van der Waals surface area contributed by atoms with Gasteiger partial charge in [0, 0.05) is 0 Å². The van der Waals surface area contributed by atoms with Crippen molar-refractivity contribution >= 4 is 14.3 Å². The van der Waals surface area contributed by atoms with Gasteiger partial charge in [0.25, 0.3) is 0 Å².